The molecule has 0 aliphatic carbocycles. The summed E-state index contributed by atoms with van der Waals surface area (Å²) in [6, 6.07) is -0.120. The van der Waals surface area contributed by atoms with Crippen molar-refractivity contribution in [3.8, 4) is 0 Å². The third-order valence-corrected chi connectivity index (χ3v) is 8.66. The number of aromatic nitrogens is 1. The molecule has 0 bridgehead atoms. The molecule has 2 aliphatic heterocycles. The molecule has 0 saturated carbocycles. The maximum atomic E-state index is 13.9. The number of methoxy groups -OCH3 is 1. The van der Waals surface area contributed by atoms with E-state index < -0.39 is 5.97 Å². The van der Waals surface area contributed by atoms with Gasteiger partial charge in [-0.1, -0.05) is 40.5 Å². The van der Waals surface area contributed by atoms with Crippen molar-refractivity contribution in [2.75, 3.05) is 27.4 Å². The fourth-order valence-electron chi connectivity index (χ4n) is 5.21. The van der Waals surface area contributed by atoms with Crippen molar-refractivity contribution in [1.29, 1.82) is 0 Å². The summed E-state index contributed by atoms with van der Waals surface area (Å²) in [6.07, 6.45) is 4.50. The van der Waals surface area contributed by atoms with Crippen molar-refractivity contribution in [2.24, 2.45) is 17.8 Å². The number of amides is 1. The Hall–Kier alpha value is -1.84. The number of hydrogen-bond donors (Lipinski definition) is 0. The van der Waals surface area contributed by atoms with Crippen molar-refractivity contribution in [3.05, 3.63) is 16.1 Å². The minimum atomic E-state index is -0.467. The number of ketones is 1. The highest BCUT2D eigenvalue weighted by Crippen LogP contribution is 2.36. The number of rotatable bonds is 9. The molecule has 196 valence electrons. The summed E-state index contributed by atoms with van der Waals surface area (Å²) in [5.74, 6) is -0.311. The number of hydrogen-bond acceptors (Lipinski definition) is 8. The molecule has 1 amide bonds. The molecule has 0 unspecified atom stereocenters. The topological polar surface area (TPSA) is 89.0 Å². The number of carbonyl (C=O) groups is 3. The Morgan fingerprint density at radius 3 is 2.63 bits per heavy atom. The summed E-state index contributed by atoms with van der Waals surface area (Å²) in [5.41, 5.74) is 0.277. The zero-order chi connectivity index (χ0) is 25.7. The van der Waals surface area contributed by atoms with Gasteiger partial charge in [0, 0.05) is 30.2 Å². The standard InChI is InChI=1S/C26H41N3O5S/c1-7-17(4)18(12-22(30)20-10-8-9-11-28(20)5)25(31)29-15-34-23(13-21(29)16(2)3)24-27-19(14-35-24)26(32)33-6/h14,16-18,20-21,23H,7-13,15H2,1-6H3/t17-,18-,20+,21+,23+/m0/s1. The Labute approximate surface area is 213 Å². The van der Waals surface area contributed by atoms with Gasteiger partial charge in [-0.3, -0.25) is 14.5 Å². The average Bonchev–Trinajstić information content (AvgIpc) is 3.36. The maximum absolute atomic E-state index is 13.9. The zero-order valence-electron chi connectivity index (χ0n) is 22.0. The molecule has 9 heteroatoms. The molecule has 0 radical (unpaired) electrons. The first-order chi connectivity index (χ1) is 16.7. The van der Waals surface area contributed by atoms with Crippen molar-refractivity contribution in [2.45, 2.75) is 84.4 Å². The smallest absolute Gasteiger partial charge is 0.357 e. The Morgan fingerprint density at radius 2 is 2.00 bits per heavy atom. The van der Waals surface area contributed by atoms with E-state index >= 15 is 0 Å². The summed E-state index contributed by atoms with van der Waals surface area (Å²) in [4.78, 5) is 47.4. The van der Waals surface area contributed by atoms with Crippen LogP contribution in [-0.2, 0) is 19.1 Å². The lowest BCUT2D eigenvalue weighted by Crippen LogP contribution is -2.52. The van der Waals surface area contributed by atoms with Gasteiger partial charge >= 0.3 is 5.97 Å². The van der Waals surface area contributed by atoms with Gasteiger partial charge in [0.2, 0.25) is 5.91 Å². The molecule has 1 aromatic rings. The van der Waals surface area contributed by atoms with E-state index in [1.54, 1.807) is 5.38 Å². The van der Waals surface area contributed by atoms with Crippen LogP contribution in [0.2, 0.25) is 0 Å². The highest BCUT2D eigenvalue weighted by Gasteiger charge is 2.41. The Bertz CT molecular complexity index is 888. The second-order valence-electron chi connectivity index (χ2n) is 10.4. The summed E-state index contributed by atoms with van der Waals surface area (Å²) in [6.45, 7) is 9.45. The fraction of sp³-hybridized carbons (Fsp3) is 0.769. The number of thiazole rings is 1. The molecule has 0 spiro atoms. The number of likely N-dealkylation sites (tertiary alicyclic amines) is 1. The summed E-state index contributed by atoms with van der Waals surface area (Å²) >= 11 is 1.37. The number of piperidine rings is 1. The van der Waals surface area contributed by atoms with Crippen LogP contribution in [0.15, 0.2) is 5.38 Å². The molecule has 0 aromatic carbocycles. The minimum Gasteiger partial charge on any atom is -0.464 e. The monoisotopic (exact) mass is 507 g/mol. The molecule has 3 rings (SSSR count). The maximum Gasteiger partial charge on any atom is 0.357 e. The van der Waals surface area contributed by atoms with Gasteiger partial charge in [0.05, 0.1) is 13.2 Å². The molecule has 35 heavy (non-hydrogen) atoms. The molecular weight excluding hydrogens is 466 g/mol. The number of Topliss-reactive ketones (excluding diaryl/α,β-unsaturated/α-hetero) is 1. The number of likely N-dealkylation sites (N-methyl/N-ethyl adjacent to an activating group) is 1. The van der Waals surface area contributed by atoms with Gasteiger partial charge in [0.15, 0.2) is 11.5 Å². The third kappa shape index (κ3) is 6.49. The third-order valence-electron chi connectivity index (χ3n) is 7.73. The second kappa shape index (κ2) is 12.4. The molecule has 2 saturated heterocycles. The van der Waals surface area contributed by atoms with Crippen LogP contribution in [0.1, 0.15) is 87.8 Å². The van der Waals surface area contributed by atoms with Gasteiger partial charge in [-0.2, -0.15) is 0 Å². The summed E-state index contributed by atoms with van der Waals surface area (Å²) < 4.78 is 10.9. The number of nitrogens with zero attached hydrogens (tertiary/aromatic N) is 3. The Kier molecular flexibility index (Phi) is 9.84. The Balaban J connectivity index is 1.75. The molecule has 3 heterocycles. The van der Waals surface area contributed by atoms with Gasteiger partial charge in [-0.15, -0.1) is 11.3 Å². The van der Waals surface area contributed by atoms with E-state index in [9.17, 15) is 14.4 Å². The van der Waals surface area contributed by atoms with Crippen LogP contribution < -0.4 is 0 Å². The van der Waals surface area contributed by atoms with Crippen LogP contribution in [-0.4, -0.2) is 72.0 Å². The van der Waals surface area contributed by atoms with Crippen LogP contribution in [0.25, 0.3) is 0 Å². The van der Waals surface area contributed by atoms with Crippen LogP contribution in [0, 0.1) is 17.8 Å². The van der Waals surface area contributed by atoms with Crippen molar-refractivity contribution in [3.63, 3.8) is 0 Å². The van der Waals surface area contributed by atoms with E-state index in [1.165, 1.54) is 18.4 Å². The lowest BCUT2D eigenvalue weighted by atomic mass is 9.82. The zero-order valence-corrected chi connectivity index (χ0v) is 22.8. The normalized spacial score (nSPS) is 25.3. The number of ether oxygens (including phenoxy) is 2. The van der Waals surface area contributed by atoms with E-state index in [4.69, 9.17) is 9.47 Å². The molecule has 8 nitrogen and oxygen atoms in total. The van der Waals surface area contributed by atoms with Crippen LogP contribution >= 0.6 is 11.3 Å². The quantitative estimate of drug-likeness (QED) is 0.460. The number of carbonyl (C=O) groups excluding carboxylic acids is 3. The predicted octanol–water partition coefficient (Wildman–Crippen LogP) is 4.31. The molecule has 0 N–H and O–H groups in total. The Morgan fingerprint density at radius 1 is 1.26 bits per heavy atom. The van der Waals surface area contributed by atoms with Gasteiger partial charge < -0.3 is 14.4 Å². The second-order valence-corrected chi connectivity index (χ2v) is 11.2. The van der Waals surface area contributed by atoms with Crippen LogP contribution in [0.4, 0.5) is 0 Å². The van der Waals surface area contributed by atoms with E-state index in [0.717, 1.165) is 37.2 Å². The van der Waals surface area contributed by atoms with E-state index in [1.807, 2.05) is 11.9 Å². The van der Waals surface area contributed by atoms with Crippen molar-refractivity contribution in [1.82, 2.24) is 14.8 Å². The highest BCUT2D eigenvalue weighted by molar-refractivity contribution is 7.09. The number of esters is 1. The van der Waals surface area contributed by atoms with Gasteiger partial charge in [0.1, 0.15) is 17.8 Å². The summed E-state index contributed by atoms with van der Waals surface area (Å²) in [7, 11) is 3.35. The van der Waals surface area contributed by atoms with E-state index in [2.05, 4.69) is 37.6 Å². The predicted molar refractivity (Wildman–Crippen MR) is 135 cm³/mol. The van der Waals surface area contributed by atoms with Gasteiger partial charge in [-0.05, 0) is 38.3 Å². The lowest BCUT2D eigenvalue weighted by molar-refractivity contribution is -0.165. The summed E-state index contributed by atoms with van der Waals surface area (Å²) in [5, 5.41) is 2.40. The average molecular weight is 508 g/mol. The van der Waals surface area contributed by atoms with E-state index in [-0.39, 0.29) is 66.5 Å². The fourth-order valence-corrected chi connectivity index (χ4v) is 6.06. The molecule has 1 aromatic heterocycles. The molecule has 2 fully saturated rings. The first-order valence-electron chi connectivity index (χ1n) is 12.9. The van der Waals surface area contributed by atoms with Crippen LogP contribution in [0.3, 0.4) is 0 Å². The van der Waals surface area contributed by atoms with Gasteiger partial charge in [0.25, 0.3) is 0 Å². The van der Waals surface area contributed by atoms with Crippen LogP contribution in [0.5, 0.6) is 0 Å². The minimum absolute atomic E-state index is 0.0118. The first-order valence-corrected chi connectivity index (χ1v) is 13.7. The molecular formula is C26H41N3O5S. The first kappa shape index (κ1) is 27.7. The lowest BCUT2D eigenvalue weighted by Gasteiger charge is -2.43. The molecule has 5 atom stereocenters. The van der Waals surface area contributed by atoms with E-state index in [0.29, 0.717) is 6.42 Å². The van der Waals surface area contributed by atoms with Crippen molar-refractivity contribution < 1.29 is 23.9 Å². The highest BCUT2D eigenvalue weighted by atomic mass is 32.1. The largest absolute Gasteiger partial charge is 0.464 e. The SMILES string of the molecule is CC[C@H](C)[C@H](CC(=O)[C@H]1CCCCN1C)C(=O)N1CO[C@@H](c2nc(C(=O)OC)cs2)C[C@@H]1C(C)C. The van der Waals surface area contributed by atoms with Crippen molar-refractivity contribution >= 4 is 29.0 Å². The van der Waals surface area contributed by atoms with Gasteiger partial charge in [-0.25, -0.2) is 9.78 Å². The molecule has 2 aliphatic rings.